The number of nitro benzene ring substituents is 1. The number of carbonyl (C=O) groups excluding carboxylic acids is 3. The number of imide groups is 1. The number of amides is 2. The third-order valence-electron chi connectivity index (χ3n) is 3.89. The first-order valence-corrected chi connectivity index (χ1v) is 8.28. The van der Waals surface area contributed by atoms with Crippen molar-refractivity contribution in [2.24, 2.45) is 0 Å². The molecule has 0 saturated carbocycles. The second kappa shape index (κ2) is 7.34. The number of ether oxygens (including phenoxy) is 1. The topological polar surface area (TPSA) is 107 Å². The average molecular weight is 409 g/mol. The highest BCUT2D eigenvalue weighted by Crippen LogP contribution is 2.27. The molecule has 2 amide bonds. The standard InChI is InChI=1S/C17H10Cl2N2O6/c18-13-2-1-3-14(19)12(13)8-27-15(22)7-20-16(23)10-5-4-9(21(25)26)6-11(10)17(20)24/h1-6H,7-8H2. The van der Waals surface area contributed by atoms with Gasteiger partial charge in [-0.25, -0.2) is 0 Å². The van der Waals surface area contributed by atoms with Crippen LogP contribution in [0, 0.1) is 10.1 Å². The van der Waals surface area contributed by atoms with Crippen LogP contribution in [0.25, 0.3) is 0 Å². The van der Waals surface area contributed by atoms with E-state index in [4.69, 9.17) is 27.9 Å². The van der Waals surface area contributed by atoms with E-state index < -0.39 is 29.3 Å². The summed E-state index contributed by atoms with van der Waals surface area (Å²) in [7, 11) is 0. The number of non-ortho nitro benzene ring substituents is 1. The number of halogens is 2. The third-order valence-corrected chi connectivity index (χ3v) is 4.60. The van der Waals surface area contributed by atoms with E-state index in [2.05, 4.69) is 0 Å². The van der Waals surface area contributed by atoms with Crippen molar-refractivity contribution in [3.8, 4) is 0 Å². The van der Waals surface area contributed by atoms with Gasteiger partial charge in [0.25, 0.3) is 17.5 Å². The van der Waals surface area contributed by atoms with Crippen LogP contribution in [0.15, 0.2) is 36.4 Å². The van der Waals surface area contributed by atoms with E-state index in [1.54, 1.807) is 18.2 Å². The summed E-state index contributed by atoms with van der Waals surface area (Å²) in [4.78, 5) is 47.5. The minimum absolute atomic E-state index is 0.00690. The van der Waals surface area contributed by atoms with Crippen molar-refractivity contribution < 1.29 is 24.0 Å². The molecule has 0 saturated heterocycles. The van der Waals surface area contributed by atoms with Crippen LogP contribution in [0.1, 0.15) is 26.3 Å². The predicted octanol–water partition coefficient (Wildman–Crippen LogP) is 3.24. The van der Waals surface area contributed by atoms with Crippen molar-refractivity contribution >= 4 is 46.7 Å². The van der Waals surface area contributed by atoms with E-state index in [9.17, 15) is 24.5 Å². The highest BCUT2D eigenvalue weighted by molar-refractivity contribution is 6.36. The van der Waals surface area contributed by atoms with Crippen LogP contribution in [-0.2, 0) is 16.1 Å². The molecular weight excluding hydrogens is 399 g/mol. The van der Waals surface area contributed by atoms with Crippen LogP contribution in [0.3, 0.4) is 0 Å². The molecule has 3 rings (SSSR count). The molecule has 2 aromatic rings. The van der Waals surface area contributed by atoms with Gasteiger partial charge >= 0.3 is 5.97 Å². The monoisotopic (exact) mass is 408 g/mol. The Labute approximate surface area is 162 Å². The number of rotatable bonds is 5. The molecule has 0 unspecified atom stereocenters. The van der Waals surface area contributed by atoms with Gasteiger partial charge in [-0.3, -0.25) is 29.4 Å². The quantitative estimate of drug-likeness (QED) is 0.325. The van der Waals surface area contributed by atoms with Crippen molar-refractivity contribution in [2.45, 2.75) is 6.61 Å². The molecule has 0 radical (unpaired) electrons. The number of carbonyl (C=O) groups is 3. The zero-order valence-corrected chi connectivity index (χ0v) is 15.0. The van der Waals surface area contributed by atoms with Crippen LogP contribution < -0.4 is 0 Å². The second-order valence-corrected chi connectivity index (χ2v) is 6.36. The number of nitrogens with zero attached hydrogens (tertiary/aromatic N) is 2. The molecule has 0 atom stereocenters. The van der Waals surface area contributed by atoms with Gasteiger partial charge in [-0.1, -0.05) is 29.3 Å². The minimum atomic E-state index is -0.852. The molecule has 1 aliphatic rings. The summed E-state index contributed by atoms with van der Waals surface area (Å²) >= 11 is 12.0. The molecule has 0 fully saturated rings. The van der Waals surface area contributed by atoms with Crippen molar-refractivity contribution in [1.82, 2.24) is 4.90 Å². The summed E-state index contributed by atoms with van der Waals surface area (Å²) in [6.45, 7) is -0.867. The second-order valence-electron chi connectivity index (χ2n) is 5.54. The third kappa shape index (κ3) is 3.62. The largest absolute Gasteiger partial charge is 0.459 e. The number of fused-ring (bicyclic) bond motifs is 1. The van der Waals surface area contributed by atoms with Crippen molar-refractivity contribution in [2.75, 3.05) is 6.54 Å². The van der Waals surface area contributed by atoms with E-state index in [1.165, 1.54) is 6.07 Å². The van der Waals surface area contributed by atoms with Gasteiger partial charge in [0.1, 0.15) is 13.2 Å². The molecule has 10 heteroatoms. The van der Waals surface area contributed by atoms with Crippen molar-refractivity contribution in [1.29, 1.82) is 0 Å². The number of nitro groups is 1. The number of hydrogen-bond acceptors (Lipinski definition) is 6. The SMILES string of the molecule is O=C(CN1C(=O)c2ccc([N+](=O)[O-])cc2C1=O)OCc1c(Cl)cccc1Cl. The fraction of sp³-hybridized carbons (Fsp3) is 0.118. The highest BCUT2D eigenvalue weighted by atomic mass is 35.5. The maximum Gasteiger partial charge on any atom is 0.326 e. The molecule has 0 aliphatic carbocycles. The molecular formula is C17H10Cl2N2O6. The summed E-state index contributed by atoms with van der Waals surface area (Å²) in [5, 5.41) is 11.4. The van der Waals surface area contributed by atoms with Crippen LogP contribution in [-0.4, -0.2) is 34.2 Å². The molecule has 2 aromatic carbocycles. The Morgan fingerprint density at radius 2 is 1.70 bits per heavy atom. The minimum Gasteiger partial charge on any atom is -0.459 e. The molecule has 0 bridgehead atoms. The first-order chi connectivity index (χ1) is 12.8. The van der Waals surface area contributed by atoms with Gasteiger partial charge in [0.15, 0.2) is 0 Å². The predicted molar refractivity (Wildman–Crippen MR) is 94.7 cm³/mol. The fourth-order valence-electron chi connectivity index (χ4n) is 2.53. The Balaban J connectivity index is 1.71. The van der Waals surface area contributed by atoms with Crippen molar-refractivity contribution in [3.05, 3.63) is 73.2 Å². The number of benzene rings is 2. The van der Waals surface area contributed by atoms with Gasteiger partial charge in [0.05, 0.1) is 16.1 Å². The molecule has 0 spiro atoms. The van der Waals surface area contributed by atoms with Gasteiger partial charge < -0.3 is 4.74 Å². The lowest BCUT2D eigenvalue weighted by atomic mass is 10.1. The molecule has 27 heavy (non-hydrogen) atoms. The lowest BCUT2D eigenvalue weighted by molar-refractivity contribution is -0.384. The van der Waals surface area contributed by atoms with E-state index in [1.807, 2.05) is 0 Å². The Morgan fingerprint density at radius 3 is 2.33 bits per heavy atom. The van der Waals surface area contributed by atoms with Gasteiger partial charge in [-0.2, -0.15) is 0 Å². The van der Waals surface area contributed by atoms with E-state index in [-0.39, 0.29) is 23.4 Å². The lowest BCUT2D eigenvalue weighted by Crippen LogP contribution is -2.35. The fourth-order valence-corrected chi connectivity index (χ4v) is 3.04. The molecule has 0 N–H and O–H groups in total. The smallest absolute Gasteiger partial charge is 0.326 e. The summed E-state index contributed by atoms with van der Waals surface area (Å²) < 4.78 is 5.05. The first kappa shape index (κ1) is 18.8. The highest BCUT2D eigenvalue weighted by Gasteiger charge is 2.38. The van der Waals surface area contributed by atoms with Crippen LogP contribution in [0.2, 0.25) is 10.0 Å². The number of hydrogen-bond donors (Lipinski definition) is 0. The summed E-state index contributed by atoms with van der Waals surface area (Å²) in [5.41, 5.74) is -0.0662. The first-order valence-electron chi connectivity index (χ1n) is 7.52. The van der Waals surface area contributed by atoms with Gasteiger partial charge in [-0.05, 0) is 18.2 Å². The van der Waals surface area contributed by atoms with Gasteiger partial charge in [0, 0.05) is 27.7 Å². The van der Waals surface area contributed by atoms with Crippen LogP contribution >= 0.6 is 23.2 Å². The van der Waals surface area contributed by atoms with E-state index in [0.29, 0.717) is 20.5 Å². The zero-order valence-electron chi connectivity index (χ0n) is 13.5. The molecule has 1 heterocycles. The maximum atomic E-state index is 12.3. The number of esters is 1. The zero-order chi connectivity index (χ0) is 19.7. The lowest BCUT2D eigenvalue weighted by Gasteiger charge is -2.13. The summed E-state index contributed by atoms with van der Waals surface area (Å²) in [5.74, 6) is -2.38. The average Bonchev–Trinajstić information content (AvgIpc) is 2.86. The Kier molecular flexibility index (Phi) is 5.11. The molecule has 1 aliphatic heterocycles. The van der Waals surface area contributed by atoms with Crippen molar-refractivity contribution in [3.63, 3.8) is 0 Å². The summed E-state index contributed by atoms with van der Waals surface area (Å²) in [6, 6.07) is 8.09. The summed E-state index contributed by atoms with van der Waals surface area (Å²) in [6.07, 6.45) is 0. The van der Waals surface area contributed by atoms with E-state index >= 15 is 0 Å². The maximum absolute atomic E-state index is 12.3. The van der Waals surface area contributed by atoms with Crippen LogP contribution in [0.5, 0.6) is 0 Å². The molecule has 138 valence electrons. The van der Waals surface area contributed by atoms with Gasteiger partial charge in [-0.15, -0.1) is 0 Å². The van der Waals surface area contributed by atoms with Crippen LogP contribution in [0.4, 0.5) is 5.69 Å². The Morgan fingerprint density at radius 1 is 1.07 bits per heavy atom. The van der Waals surface area contributed by atoms with E-state index in [0.717, 1.165) is 12.1 Å². The van der Waals surface area contributed by atoms with Gasteiger partial charge in [0.2, 0.25) is 0 Å². The Hall–Kier alpha value is -2.97. The Bertz CT molecular complexity index is 971. The molecule has 0 aromatic heterocycles. The normalized spacial score (nSPS) is 12.9. The molecule has 8 nitrogen and oxygen atoms in total.